The van der Waals surface area contributed by atoms with Crippen molar-refractivity contribution >= 4 is 11.6 Å². The predicted octanol–water partition coefficient (Wildman–Crippen LogP) is -0.107. The summed E-state index contributed by atoms with van der Waals surface area (Å²) in [5.74, 6) is 2.40. The lowest BCUT2D eigenvalue weighted by Gasteiger charge is -2.32. The van der Waals surface area contributed by atoms with Crippen LogP contribution in [0.1, 0.15) is 6.92 Å². The maximum absolute atomic E-state index is 12.7. The molecule has 1 aliphatic heterocycles. The van der Waals surface area contributed by atoms with Crippen molar-refractivity contribution in [3.05, 3.63) is 48.5 Å². The first-order valence-electron chi connectivity index (χ1n) is 10.5. The fourth-order valence-corrected chi connectivity index (χ4v) is 3.77. The smallest absolute Gasteiger partial charge is 0.282 e. The van der Waals surface area contributed by atoms with Crippen molar-refractivity contribution in [1.29, 1.82) is 0 Å². The number of quaternary nitrogens is 2. The number of piperazine rings is 1. The number of carbonyl (C=O) groups excluding carboxylic acids is 1. The van der Waals surface area contributed by atoms with Gasteiger partial charge in [0.2, 0.25) is 0 Å². The van der Waals surface area contributed by atoms with Gasteiger partial charge in [0.15, 0.2) is 6.04 Å². The van der Waals surface area contributed by atoms with E-state index < -0.39 is 0 Å². The van der Waals surface area contributed by atoms with E-state index in [-0.39, 0.29) is 11.9 Å². The number of methoxy groups -OCH3 is 2. The van der Waals surface area contributed by atoms with Crippen LogP contribution in [0.2, 0.25) is 0 Å². The zero-order chi connectivity index (χ0) is 21.3. The Morgan fingerprint density at radius 3 is 2.30 bits per heavy atom. The third-order valence-electron chi connectivity index (χ3n) is 5.75. The van der Waals surface area contributed by atoms with Gasteiger partial charge in [0.1, 0.15) is 56.6 Å². The lowest BCUT2D eigenvalue weighted by Crippen LogP contribution is -3.30. The molecule has 3 N–H and O–H groups in total. The van der Waals surface area contributed by atoms with Gasteiger partial charge in [0, 0.05) is 0 Å². The molecule has 0 saturated carbocycles. The standard InChI is InChI=1S/C23H31N3O4/c1-18(23(27)24-21-6-4-5-7-22(21)29-3)26-14-12-25(13-15-26)16-17-30-20-10-8-19(28-2)9-11-20/h4-11,18H,12-17H2,1-3H3,(H,24,27)/p+2/t18-/m0/s1. The van der Waals surface area contributed by atoms with E-state index in [0.29, 0.717) is 12.4 Å². The Morgan fingerprint density at radius 1 is 0.967 bits per heavy atom. The first-order chi connectivity index (χ1) is 14.6. The van der Waals surface area contributed by atoms with Crippen LogP contribution in [0.3, 0.4) is 0 Å². The second kappa shape index (κ2) is 10.8. The summed E-state index contributed by atoms with van der Waals surface area (Å²) in [6, 6.07) is 15.1. The fraction of sp³-hybridized carbons (Fsp3) is 0.435. The molecule has 3 rings (SSSR count). The molecular weight excluding hydrogens is 382 g/mol. The molecule has 2 aromatic rings. The number of amides is 1. The first-order valence-corrected chi connectivity index (χ1v) is 10.5. The summed E-state index contributed by atoms with van der Waals surface area (Å²) in [5.41, 5.74) is 0.719. The molecule has 0 aromatic heterocycles. The lowest BCUT2D eigenvalue weighted by atomic mass is 10.2. The van der Waals surface area contributed by atoms with Gasteiger partial charge in [-0.2, -0.15) is 0 Å². The third kappa shape index (κ3) is 5.87. The van der Waals surface area contributed by atoms with Crippen LogP contribution in [0.25, 0.3) is 0 Å². The Labute approximate surface area is 178 Å². The van der Waals surface area contributed by atoms with Crippen LogP contribution in [0.5, 0.6) is 17.2 Å². The van der Waals surface area contributed by atoms with E-state index in [1.54, 1.807) is 14.2 Å². The molecular formula is C23H33N3O4+2. The number of para-hydroxylation sites is 2. The molecule has 0 aliphatic carbocycles. The van der Waals surface area contributed by atoms with Crippen LogP contribution >= 0.6 is 0 Å². The van der Waals surface area contributed by atoms with Crippen LogP contribution in [-0.4, -0.2) is 65.5 Å². The monoisotopic (exact) mass is 415 g/mol. The van der Waals surface area contributed by atoms with Gasteiger partial charge >= 0.3 is 0 Å². The number of anilines is 1. The van der Waals surface area contributed by atoms with Crippen LogP contribution in [0.15, 0.2) is 48.5 Å². The van der Waals surface area contributed by atoms with Crippen LogP contribution in [-0.2, 0) is 4.79 Å². The summed E-state index contributed by atoms with van der Waals surface area (Å²) in [7, 11) is 3.27. The Kier molecular flexibility index (Phi) is 7.93. The van der Waals surface area contributed by atoms with Gasteiger partial charge < -0.3 is 29.3 Å². The molecule has 1 heterocycles. The molecule has 1 amide bonds. The van der Waals surface area contributed by atoms with Crippen molar-refractivity contribution < 1.29 is 28.8 Å². The zero-order valence-electron chi connectivity index (χ0n) is 18.1. The lowest BCUT2D eigenvalue weighted by molar-refractivity contribution is -1.02. The highest BCUT2D eigenvalue weighted by atomic mass is 16.5. The van der Waals surface area contributed by atoms with Gasteiger partial charge in [-0.15, -0.1) is 0 Å². The summed E-state index contributed by atoms with van der Waals surface area (Å²) in [6.07, 6.45) is 0. The summed E-state index contributed by atoms with van der Waals surface area (Å²) < 4.78 is 16.3. The quantitative estimate of drug-likeness (QED) is 0.535. The Morgan fingerprint density at radius 2 is 1.63 bits per heavy atom. The molecule has 0 unspecified atom stereocenters. The van der Waals surface area contributed by atoms with Crippen molar-refractivity contribution in [3.8, 4) is 17.2 Å². The third-order valence-corrected chi connectivity index (χ3v) is 5.75. The number of hydrogen-bond acceptors (Lipinski definition) is 4. The number of nitrogens with one attached hydrogen (secondary N) is 3. The molecule has 0 bridgehead atoms. The normalized spacial score (nSPS) is 19.6. The van der Waals surface area contributed by atoms with Crippen molar-refractivity contribution in [1.82, 2.24) is 0 Å². The van der Waals surface area contributed by atoms with E-state index in [9.17, 15) is 4.79 Å². The molecule has 1 fully saturated rings. The summed E-state index contributed by atoms with van der Waals surface area (Å²) >= 11 is 0. The molecule has 2 aromatic carbocycles. The Bertz CT molecular complexity index is 804. The molecule has 162 valence electrons. The maximum Gasteiger partial charge on any atom is 0.282 e. The number of benzene rings is 2. The second-order valence-electron chi connectivity index (χ2n) is 7.59. The van der Waals surface area contributed by atoms with Crippen molar-refractivity contribution in [2.75, 3.05) is 58.9 Å². The number of rotatable bonds is 9. The fourth-order valence-electron chi connectivity index (χ4n) is 3.77. The van der Waals surface area contributed by atoms with Crippen LogP contribution in [0, 0.1) is 0 Å². The molecule has 1 aliphatic rings. The molecule has 1 saturated heterocycles. The maximum atomic E-state index is 12.7. The topological polar surface area (TPSA) is 65.7 Å². The van der Waals surface area contributed by atoms with Crippen molar-refractivity contribution in [2.45, 2.75) is 13.0 Å². The van der Waals surface area contributed by atoms with Crippen LogP contribution in [0.4, 0.5) is 5.69 Å². The van der Waals surface area contributed by atoms with Gasteiger partial charge in [-0.05, 0) is 43.3 Å². The van der Waals surface area contributed by atoms with E-state index in [2.05, 4.69) is 5.32 Å². The van der Waals surface area contributed by atoms with Gasteiger partial charge in [0.05, 0.1) is 19.9 Å². The first kappa shape index (κ1) is 21.9. The van der Waals surface area contributed by atoms with Gasteiger partial charge in [-0.25, -0.2) is 0 Å². The Balaban J connectivity index is 1.40. The molecule has 0 radical (unpaired) electrons. The number of hydrogen-bond donors (Lipinski definition) is 3. The van der Waals surface area contributed by atoms with Crippen molar-refractivity contribution in [3.63, 3.8) is 0 Å². The summed E-state index contributed by atoms with van der Waals surface area (Å²) in [4.78, 5) is 15.6. The van der Waals surface area contributed by atoms with E-state index >= 15 is 0 Å². The molecule has 30 heavy (non-hydrogen) atoms. The highest BCUT2D eigenvalue weighted by Gasteiger charge is 2.31. The molecule has 7 heteroatoms. The minimum absolute atomic E-state index is 0.0285. The van der Waals surface area contributed by atoms with E-state index in [4.69, 9.17) is 14.2 Å². The average Bonchev–Trinajstić information content (AvgIpc) is 2.80. The zero-order valence-corrected chi connectivity index (χ0v) is 18.1. The second-order valence-corrected chi connectivity index (χ2v) is 7.59. The highest BCUT2D eigenvalue weighted by molar-refractivity contribution is 5.94. The molecule has 7 nitrogen and oxygen atoms in total. The highest BCUT2D eigenvalue weighted by Crippen LogP contribution is 2.22. The minimum Gasteiger partial charge on any atom is -0.497 e. The predicted molar refractivity (Wildman–Crippen MR) is 116 cm³/mol. The van der Waals surface area contributed by atoms with E-state index in [1.807, 2.05) is 55.5 Å². The van der Waals surface area contributed by atoms with Gasteiger partial charge in [-0.1, -0.05) is 12.1 Å². The van der Waals surface area contributed by atoms with Gasteiger partial charge in [0.25, 0.3) is 5.91 Å². The SMILES string of the molecule is COc1ccc(OCC[NH+]2CC[NH+]([C@@H](C)C(=O)Nc3ccccc3OC)CC2)cc1. The summed E-state index contributed by atoms with van der Waals surface area (Å²) in [5, 5.41) is 3.01. The molecule has 0 spiro atoms. The number of ether oxygens (including phenoxy) is 3. The van der Waals surface area contributed by atoms with Gasteiger partial charge in [-0.3, -0.25) is 4.79 Å². The van der Waals surface area contributed by atoms with Crippen LogP contribution < -0.4 is 29.3 Å². The van der Waals surface area contributed by atoms with E-state index in [1.165, 1.54) is 9.80 Å². The number of carbonyl (C=O) groups is 1. The average molecular weight is 416 g/mol. The van der Waals surface area contributed by atoms with E-state index in [0.717, 1.165) is 49.9 Å². The Hall–Kier alpha value is -2.77. The molecule has 1 atom stereocenters. The van der Waals surface area contributed by atoms with Crippen molar-refractivity contribution in [2.24, 2.45) is 0 Å². The summed E-state index contributed by atoms with van der Waals surface area (Å²) in [6.45, 7) is 7.65. The minimum atomic E-state index is -0.105. The largest absolute Gasteiger partial charge is 0.497 e.